The van der Waals surface area contributed by atoms with Gasteiger partial charge in [0.05, 0.1) is 10.5 Å². The van der Waals surface area contributed by atoms with Gasteiger partial charge in [0.2, 0.25) is 6.21 Å². The standard InChI is InChI=1S/C10H6ClF3O2.C9H5Br2NO.C7H8N2O5/c11-7-3-1-6(2-4-7)8(15)5-9(16)10(12,13)14;10-6-4-7(11)9(13)8-5(6)2-1-3-12-8;10-4-3-8(11)5-6-1-2-7(14-6)9(12)13/h1-5,15H;1-4,13H;1-2,5,10H,3-4H2/b;;8-5-. The van der Waals surface area contributed by atoms with Gasteiger partial charge in [-0.05, 0) is 58.4 Å². The first-order valence-electron chi connectivity index (χ1n) is 11.5. The number of alkyl halides is 3. The van der Waals surface area contributed by atoms with Crippen molar-refractivity contribution in [3.05, 3.63) is 107 Å². The van der Waals surface area contributed by atoms with Crippen molar-refractivity contribution in [3.8, 4) is 5.75 Å². The minimum Gasteiger partial charge on any atom is -0.624 e. The molecule has 43 heavy (non-hydrogen) atoms. The van der Waals surface area contributed by atoms with Crippen LogP contribution in [0.4, 0.5) is 19.1 Å². The van der Waals surface area contributed by atoms with Crippen molar-refractivity contribution in [2.45, 2.75) is 6.18 Å². The lowest BCUT2D eigenvalue weighted by Crippen LogP contribution is -2.20. The molecule has 0 radical (unpaired) electrons. The Morgan fingerprint density at radius 3 is 2.30 bits per heavy atom. The zero-order chi connectivity index (χ0) is 32.3. The van der Waals surface area contributed by atoms with Crippen molar-refractivity contribution in [1.29, 1.82) is 0 Å². The summed E-state index contributed by atoms with van der Waals surface area (Å²) in [6, 6.07) is 13.4. The van der Waals surface area contributed by atoms with Gasteiger partial charge in [0.15, 0.2) is 18.1 Å². The van der Waals surface area contributed by atoms with Gasteiger partial charge < -0.3 is 24.9 Å². The van der Waals surface area contributed by atoms with Crippen LogP contribution in [0.1, 0.15) is 11.3 Å². The Kier molecular flexibility index (Phi) is 13.1. The normalized spacial score (nSPS) is 11.7. The second-order valence-electron chi connectivity index (χ2n) is 7.91. The number of carbonyl (C=O) groups is 1. The largest absolute Gasteiger partial charge is 0.624 e. The molecule has 0 unspecified atom stereocenters. The van der Waals surface area contributed by atoms with Crippen LogP contribution >= 0.6 is 43.5 Å². The van der Waals surface area contributed by atoms with E-state index in [1.54, 1.807) is 12.3 Å². The maximum absolute atomic E-state index is 11.9. The third-order valence-electron chi connectivity index (χ3n) is 4.84. The van der Waals surface area contributed by atoms with Crippen LogP contribution in [0, 0.1) is 15.3 Å². The van der Waals surface area contributed by atoms with Crippen LogP contribution < -0.4 is 0 Å². The number of aliphatic hydroxyl groups excluding tert-OH is 2. The lowest BCUT2D eigenvalue weighted by molar-refractivity contribution is -0.455. The number of carbonyl (C=O) groups excluding carboxylic acids is 1. The molecule has 2 aromatic heterocycles. The number of aromatic nitrogens is 1. The van der Waals surface area contributed by atoms with Crippen LogP contribution in [0.3, 0.4) is 0 Å². The van der Waals surface area contributed by atoms with Crippen molar-refractivity contribution in [3.63, 3.8) is 0 Å². The molecule has 4 aromatic rings. The van der Waals surface area contributed by atoms with Crippen molar-refractivity contribution >= 4 is 78.0 Å². The topological polar surface area (TPSA) is 173 Å². The third-order valence-corrected chi connectivity index (χ3v) is 6.35. The number of benzene rings is 2. The highest BCUT2D eigenvalue weighted by molar-refractivity contribution is 9.11. The number of fused-ring (bicyclic) bond motifs is 1. The summed E-state index contributed by atoms with van der Waals surface area (Å²) in [7, 11) is 0. The number of phenols is 1. The molecule has 0 aliphatic rings. The predicted molar refractivity (Wildman–Crippen MR) is 158 cm³/mol. The fourth-order valence-corrected chi connectivity index (χ4v) is 4.28. The zero-order valence-electron chi connectivity index (χ0n) is 21.3. The smallest absolute Gasteiger partial charge is 0.454 e. The van der Waals surface area contributed by atoms with E-state index in [9.17, 15) is 43.5 Å². The summed E-state index contributed by atoms with van der Waals surface area (Å²) in [5.74, 6) is -3.02. The Bertz CT molecular complexity index is 1650. The number of aromatic hydroxyl groups is 1. The van der Waals surface area contributed by atoms with Gasteiger partial charge in [-0.3, -0.25) is 19.9 Å². The first kappa shape index (κ1) is 35.2. The maximum Gasteiger partial charge on any atom is 0.454 e. The van der Waals surface area contributed by atoms with E-state index in [0.29, 0.717) is 19.8 Å². The number of phenolic OH excluding ortho intramolecular Hbond substituents is 1. The maximum atomic E-state index is 11.9. The van der Waals surface area contributed by atoms with E-state index in [-0.39, 0.29) is 36.3 Å². The minimum atomic E-state index is -4.99. The fourth-order valence-electron chi connectivity index (χ4n) is 2.88. The molecule has 2 aromatic carbocycles. The molecule has 228 valence electrons. The van der Waals surface area contributed by atoms with Crippen LogP contribution in [-0.2, 0) is 4.79 Å². The number of hydrogen-bond acceptors (Lipinski definition) is 9. The number of hydrogen-bond donors (Lipinski definition) is 3. The average molecular weight is 754 g/mol. The molecule has 0 saturated carbocycles. The number of nitrogens with zero attached hydrogens (tertiary/aromatic N) is 3. The molecule has 0 bridgehead atoms. The molecule has 0 amide bonds. The molecular weight excluding hydrogens is 735 g/mol. The molecule has 0 aliphatic heterocycles. The van der Waals surface area contributed by atoms with Gasteiger partial charge in [0.25, 0.3) is 5.78 Å². The highest BCUT2D eigenvalue weighted by atomic mass is 79.9. The molecule has 3 N–H and O–H groups in total. The first-order valence-corrected chi connectivity index (χ1v) is 13.4. The van der Waals surface area contributed by atoms with E-state index in [4.69, 9.17) is 16.7 Å². The van der Waals surface area contributed by atoms with E-state index in [1.165, 1.54) is 30.3 Å². The summed E-state index contributed by atoms with van der Waals surface area (Å²) in [5.41, 5.74) is 0.686. The molecule has 17 heteroatoms. The Balaban J connectivity index is 0.000000226. The summed E-state index contributed by atoms with van der Waals surface area (Å²) >= 11 is 12.2. The van der Waals surface area contributed by atoms with Crippen LogP contribution in [0.5, 0.6) is 5.75 Å². The van der Waals surface area contributed by atoms with Crippen molar-refractivity contribution in [1.82, 2.24) is 4.98 Å². The Morgan fingerprint density at radius 2 is 1.74 bits per heavy atom. The van der Waals surface area contributed by atoms with E-state index in [0.717, 1.165) is 22.1 Å². The Labute approximate surface area is 262 Å². The summed E-state index contributed by atoms with van der Waals surface area (Å²) in [5, 5.41) is 49.6. The quantitative estimate of drug-likeness (QED) is 0.0359. The van der Waals surface area contributed by atoms with E-state index < -0.39 is 28.5 Å². The molecule has 11 nitrogen and oxygen atoms in total. The van der Waals surface area contributed by atoms with Gasteiger partial charge in [-0.25, -0.2) is 4.74 Å². The van der Waals surface area contributed by atoms with Gasteiger partial charge in [-0.1, -0.05) is 33.6 Å². The number of furan rings is 1. The van der Waals surface area contributed by atoms with Crippen LogP contribution in [-0.4, -0.2) is 61.3 Å². The van der Waals surface area contributed by atoms with E-state index in [1.807, 2.05) is 12.1 Å². The number of pyridine rings is 1. The molecule has 2 heterocycles. The summed E-state index contributed by atoms with van der Waals surface area (Å²) in [6.07, 6.45) is -2.17. The summed E-state index contributed by atoms with van der Waals surface area (Å²) in [4.78, 5) is 24.1. The highest BCUT2D eigenvalue weighted by Crippen LogP contribution is 2.36. The number of allylic oxidation sites excluding steroid dienone is 1. The van der Waals surface area contributed by atoms with Gasteiger partial charge >= 0.3 is 12.1 Å². The molecule has 4 rings (SSSR count). The lowest BCUT2D eigenvalue weighted by atomic mass is 10.1. The second-order valence-corrected chi connectivity index (χ2v) is 10.1. The van der Waals surface area contributed by atoms with Crippen molar-refractivity contribution in [2.75, 3.05) is 13.2 Å². The lowest BCUT2D eigenvalue weighted by Gasteiger charge is -2.03. The number of nitro groups is 1. The van der Waals surface area contributed by atoms with Gasteiger partial charge in [0, 0.05) is 32.7 Å². The molecule has 0 aliphatic carbocycles. The number of rotatable bonds is 6. The summed E-state index contributed by atoms with van der Waals surface area (Å²) in [6.45, 7) is -0.392. The number of halogens is 6. The van der Waals surface area contributed by atoms with Crippen LogP contribution in [0.25, 0.3) is 16.7 Å². The van der Waals surface area contributed by atoms with Crippen LogP contribution in [0.2, 0.25) is 5.02 Å². The average Bonchev–Trinajstić information content (AvgIpc) is 3.41. The monoisotopic (exact) mass is 751 g/mol. The van der Waals surface area contributed by atoms with Crippen LogP contribution in [0.15, 0.2) is 80.2 Å². The van der Waals surface area contributed by atoms with E-state index in [2.05, 4.69) is 41.3 Å². The molecule has 0 atom stereocenters. The number of aliphatic hydroxyl groups is 2. The molecule has 0 saturated heterocycles. The molecular formula is C26H19Br2ClF3N3O8. The van der Waals surface area contributed by atoms with Crippen molar-refractivity contribution < 1.29 is 47.4 Å². The van der Waals surface area contributed by atoms with Gasteiger partial charge in [-0.2, -0.15) is 13.2 Å². The SMILES string of the molecule is O=C(C=C(O)c1ccc(Cl)cc1)C(F)(F)F.O=[N+]([O-])c1ccc(/C=[N+](\[O-])CCO)o1.Oc1c(Br)cc(Br)c2cccnc12. The number of ketones is 1. The van der Waals surface area contributed by atoms with Gasteiger partial charge in [0.1, 0.15) is 22.8 Å². The highest BCUT2D eigenvalue weighted by Gasteiger charge is 2.37. The Morgan fingerprint density at radius 1 is 1.09 bits per heavy atom. The third kappa shape index (κ3) is 11.0. The Hall–Kier alpha value is -3.99. The fraction of sp³-hybridized carbons (Fsp3) is 0.115. The van der Waals surface area contributed by atoms with Crippen molar-refractivity contribution in [2.24, 2.45) is 0 Å². The molecule has 0 spiro atoms. The molecule has 0 fully saturated rings. The summed E-state index contributed by atoms with van der Waals surface area (Å²) < 4.78 is 42.3. The minimum absolute atomic E-state index is 0.0835. The van der Waals surface area contributed by atoms with Gasteiger partial charge in [-0.15, -0.1) is 0 Å². The zero-order valence-corrected chi connectivity index (χ0v) is 25.3. The van der Waals surface area contributed by atoms with E-state index >= 15 is 0 Å². The predicted octanol–water partition coefficient (Wildman–Crippen LogP) is 6.95. The number of hydroxylamine groups is 1. The first-order chi connectivity index (χ1) is 20.1. The second kappa shape index (κ2) is 16.0.